The second kappa shape index (κ2) is 14.2. The Morgan fingerprint density at radius 1 is 1.02 bits per heavy atom. The van der Waals surface area contributed by atoms with Gasteiger partial charge in [0.15, 0.2) is 11.6 Å². The van der Waals surface area contributed by atoms with Crippen LogP contribution in [0, 0.1) is 11.6 Å². The van der Waals surface area contributed by atoms with Gasteiger partial charge in [0.2, 0.25) is 5.60 Å². The minimum Gasteiger partial charge on any atom is -0.481 e. The van der Waals surface area contributed by atoms with Gasteiger partial charge in [-0.25, -0.2) is 8.78 Å². The maximum Gasteiger partial charge on any atom is 0.425 e. The van der Waals surface area contributed by atoms with Gasteiger partial charge in [0, 0.05) is 49.6 Å². The van der Waals surface area contributed by atoms with Crippen LogP contribution in [0.2, 0.25) is 0 Å². The summed E-state index contributed by atoms with van der Waals surface area (Å²) in [6, 6.07) is 1.91. The number of hydrogen-bond acceptors (Lipinski definition) is 6. The zero-order valence-corrected chi connectivity index (χ0v) is 27.2. The molecular weight excluding hydrogens is 702 g/mol. The summed E-state index contributed by atoms with van der Waals surface area (Å²) >= 11 is 0.287. The molecular formula is C33H31F8N3O5S. The predicted molar refractivity (Wildman–Crippen MR) is 162 cm³/mol. The Morgan fingerprint density at radius 2 is 1.72 bits per heavy atom. The molecule has 0 radical (unpaired) electrons. The smallest absolute Gasteiger partial charge is 0.425 e. The van der Waals surface area contributed by atoms with E-state index in [2.05, 4.69) is 4.98 Å². The molecule has 17 heteroatoms. The van der Waals surface area contributed by atoms with E-state index in [1.807, 2.05) is 0 Å². The molecule has 4 heterocycles. The summed E-state index contributed by atoms with van der Waals surface area (Å²) in [5.41, 5.74) is -3.97. The van der Waals surface area contributed by atoms with E-state index in [0.717, 1.165) is 34.7 Å². The van der Waals surface area contributed by atoms with E-state index in [9.17, 15) is 49.8 Å². The molecule has 1 N–H and O–H groups in total. The Bertz CT molecular complexity index is 1760. The van der Waals surface area contributed by atoms with Gasteiger partial charge in [-0.1, -0.05) is 13.3 Å². The van der Waals surface area contributed by atoms with Crippen LogP contribution in [0.1, 0.15) is 77.5 Å². The number of likely N-dealkylation sites (tertiary alicyclic amines) is 1. The highest BCUT2D eigenvalue weighted by Gasteiger charge is 2.57. The number of thiophene rings is 1. The molecule has 0 spiro atoms. The van der Waals surface area contributed by atoms with E-state index in [1.54, 1.807) is 6.92 Å². The number of carboxylic acids is 1. The summed E-state index contributed by atoms with van der Waals surface area (Å²) in [4.78, 5) is 45.5. The number of carbonyl (C=O) groups is 3. The number of aromatic nitrogens is 1. The van der Waals surface area contributed by atoms with Crippen LogP contribution < -0.4 is 4.74 Å². The highest BCUT2D eigenvalue weighted by atomic mass is 32.1. The summed E-state index contributed by atoms with van der Waals surface area (Å²) in [5.74, 6) is -6.04. The second-order valence-electron chi connectivity index (χ2n) is 12.2. The van der Waals surface area contributed by atoms with Crippen molar-refractivity contribution in [1.29, 1.82) is 0 Å². The molecule has 0 aliphatic carbocycles. The first-order valence-corrected chi connectivity index (χ1v) is 16.5. The lowest BCUT2D eigenvalue weighted by Gasteiger charge is -2.51. The van der Waals surface area contributed by atoms with Gasteiger partial charge < -0.3 is 19.6 Å². The van der Waals surface area contributed by atoms with Crippen molar-refractivity contribution in [3.63, 3.8) is 0 Å². The number of alkyl halides is 6. The summed E-state index contributed by atoms with van der Waals surface area (Å²) in [7, 11) is 0. The molecule has 8 nitrogen and oxygen atoms in total. The SMILES string of the molecule is CCC[C@H]1N(C(=O)c2ncccc2C(F)(F)F)CCC[C@]1(Oc1csc(C(F)(F)F)c1)C(=O)N1Cc2cc(F)c(F)cc2C[C@H]1CCC(=O)O. The predicted octanol–water partition coefficient (Wildman–Crippen LogP) is 7.50. The number of piperidine rings is 1. The molecule has 2 aliphatic heterocycles. The minimum atomic E-state index is -4.98. The average Bonchev–Trinajstić information content (AvgIpc) is 3.53. The van der Waals surface area contributed by atoms with Crippen LogP contribution in [-0.2, 0) is 34.9 Å². The molecule has 2 aliphatic rings. The summed E-state index contributed by atoms with van der Waals surface area (Å²) in [5, 5.41) is 10.5. The normalized spacial score (nSPS) is 21.1. The number of benzene rings is 1. The molecule has 0 unspecified atom stereocenters. The van der Waals surface area contributed by atoms with E-state index in [1.165, 1.54) is 4.90 Å². The molecule has 2 aromatic heterocycles. The van der Waals surface area contributed by atoms with Gasteiger partial charge in [0.25, 0.3) is 11.8 Å². The number of aliphatic carboxylic acids is 1. The van der Waals surface area contributed by atoms with Crippen LogP contribution >= 0.6 is 11.3 Å². The van der Waals surface area contributed by atoms with E-state index in [-0.39, 0.29) is 74.3 Å². The average molecular weight is 734 g/mol. The molecule has 0 bridgehead atoms. The van der Waals surface area contributed by atoms with Crippen molar-refractivity contribution in [1.82, 2.24) is 14.8 Å². The zero-order chi connectivity index (χ0) is 36.6. The van der Waals surface area contributed by atoms with Crippen molar-refractivity contribution in [2.45, 2.75) is 88.5 Å². The Hall–Kier alpha value is -4.28. The summed E-state index contributed by atoms with van der Waals surface area (Å²) in [6.45, 7) is 1.15. The second-order valence-corrected chi connectivity index (χ2v) is 13.1. The van der Waals surface area contributed by atoms with Crippen molar-refractivity contribution in [3.05, 3.63) is 80.8 Å². The molecule has 1 saturated heterocycles. The van der Waals surface area contributed by atoms with Crippen LogP contribution in [-0.4, -0.2) is 61.9 Å². The van der Waals surface area contributed by atoms with Crippen molar-refractivity contribution in [2.24, 2.45) is 0 Å². The number of ether oxygens (including phenoxy) is 1. The van der Waals surface area contributed by atoms with Crippen molar-refractivity contribution < 1.29 is 59.4 Å². The number of nitrogens with zero attached hydrogens (tertiary/aromatic N) is 3. The standard InChI is InChI=1S/C33H31F8N3O5S/c1-2-5-25-31(49-21-15-26(50-17-21)33(39,40)41,9-4-11-43(25)29(47)28-22(32(36,37)38)6-3-10-42-28)30(48)44-16-19-14-24(35)23(34)13-18(19)12-20(44)7-8-27(45)46/h3,6,10,13-15,17,20,25H,2,4-5,7-9,11-12,16H2,1H3,(H,45,46)/t20-,25-,31-/m1/s1. The maximum atomic E-state index is 15.0. The maximum absolute atomic E-state index is 15.0. The van der Waals surface area contributed by atoms with Gasteiger partial charge in [-0.05, 0) is 61.1 Å². The van der Waals surface area contributed by atoms with Crippen LogP contribution in [0.4, 0.5) is 35.1 Å². The highest BCUT2D eigenvalue weighted by molar-refractivity contribution is 7.10. The van der Waals surface area contributed by atoms with E-state index >= 15 is 4.79 Å². The van der Waals surface area contributed by atoms with Gasteiger partial charge in [-0.15, -0.1) is 11.3 Å². The molecule has 50 heavy (non-hydrogen) atoms. The van der Waals surface area contributed by atoms with Gasteiger partial charge in [0.1, 0.15) is 16.3 Å². The number of fused-ring (bicyclic) bond motifs is 1. The van der Waals surface area contributed by atoms with Gasteiger partial charge in [0.05, 0.1) is 11.6 Å². The molecule has 270 valence electrons. The molecule has 2 amide bonds. The van der Waals surface area contributed by atoms with E-state index < -0.39 is 82.0 Å². The van der Waals surface area contributed by atoms with Crippen molar-refractivity contribution in [2.75, 3.05) is 6.54 Å². The largest absolute Gasteiger partial charge is 0.481 e. The fraction of sp³-hybridized carbons (Fsp3) is 0.455. The lowest BCUT2D eigenvalue weighted by molar-refractivity contribution is -0.163. The van der Waals surface area contributed by atoms with Crippen molar-refractivity contribution in [3.8, 4) is 5.75 Å². The molecule has 1 fully saturated rings. The third kappa shape index (κ3) is 7.42. The molecule has 1 aromatic carbocycles. The zero-order valence-electron chi connectivity index (χ0n) is 26.4. The van der Waals surface area contributed by atoms with Crippen molar-refractivity contribution >= 4 is 29.1 Å². The fourth-order valence-corrected chi connectivity index (χ4v) is 7.42. The lowest BCUT2D eigenvalue weighted by atomic mass is 9.78. The van der Waals surface area contributed by atoms with Crippen LogP contribution in [0.15, 0.2) is 41.9 Å². The Labute approximate surface area is 284 Å². The fourth-order valence-electron chi connectivity index (χ4n) is 6.75. The number of halogens is 8. The van der Waals surface area contributed by atoms with Gasteiger partial charge in [-0.3, -0.25) is 19.4 Å². The monoisotopic (exact) mass is 733 g/mol. The molecule has 3 aromatic rings. The molecule has 3 atom stereocenters. The Balaban J connectivity index is 1.65. The van der Waals surface area contributed by atoms with E-state index in [4.69, 9.17) is 4.74 Å². The number of hydrogen-bond donors (Lipinski definition) is 1. The quantitative estimate of drug-likeness (QED) is 0.229. The first-order chi connectivity index (χ1) is 23.5. The highest BCUT2D eigenvalue weighted by Crippen LogP contribution is 2.44. The molecule has 5 rings (SSSR count). The number of rotatable bonds is 9. The Kier molecular flexibility index (Phi) is 10.5. The Morgan fingerprint density at radius 3 is 2.34 bits per heavy atom. The molecule has 0 saturated carbocycles. The number of carbonyl (C=O) groups excluding carboxylic acids is 2. The first-order valence-electron chi connectivity index (χ1n) is 15.6. The van der Waals surface area contributed by atoms with Gasteiger partial charge in [-0.2, -0.15) is 26.3 Å². The summed E-state index contributed by atoms with van der Waals surface area (Å²) in [6.07, 6.45) is -9.49. The first kappa shape index (κ1) is 37.0. The third-order valence-electron chi connectivity index (χ3n) is 8.95. The van der Waals surface area contributed by atoms with Crippen LogP contribution in [0.25, 0.3) is 0 Å². The topological polar surface area (TPSA) is 100 Å². The summed E-state index contributed by atoms with van der Waals surface area (Å²) < 4.78 is 118. The lowest BCUT2D eigenvalue weighted by Crippen LogP contribution is -2.69. The number of pyridine rings is 1. The van der Waals surface area contributed by atoms with Crippen LogP contribution in [0.5, 0.6) is 5.75 Å². The van der Waals surface area contributed by atoms with Gasteiger partial charge >= 0.3 is 18.3 Å². The van der Waals surface area contributed by atoms with E-state index in [0.29, 0.717) is 17.7 Å². The minimum absolute atomic E-state index is 0.0355. The number of amides is 2. The number of carboxylic acid groups (broad SMARTS) is 1. The van der Waals surface area contributed by atoms with Crippen LogP contribution in [0.3, 0.4) is 0 Å². The third-order valence-corrected chi connectivity index (χ3v) is 9.90.